The van der Waals surface area contributed by atoms with Crippen LogP contribution in [0.3, 0.4) is 0 Å². The van der Waals surface area contributed by atoms with Gasteiger partial charge in [0.2, 0.25) is 5.91 Å². The van der Waals surface area contributed by atoms with E-state index in [1.165, 1.54) is 17.3 Å². The molecule has 0 aliphatic heterocycles. The standard InChI is InChI=1S/C24H31N5O2/c1-16-5-7-19(8-6-16)29-22-20(14-26-29)23(31)28(15-25-22)10-9-21(30)27-18-11-17(2)12-24(3,4)13-18/h5-8,14-15,17-18H,9-13H2,1-4H3,(H,27,30). The molecule has 2 heterocycles. The lowest BCUT2D eigenvalue weighted by atomic mass is 9.70. The van der Waals surface area contributed by atoms with Crippen molar-refractivity contribution >= 4 is 16.9 Å². The third-order valence-electron chi connectivity index (χ3n) is 6.16. The normalized spacial score (nSPS) is 20.6. The van der Waals surface area contributed by atoms with Crippen LogP contribution in [0.15, 0.2) is 41.6 Å². The van der Waals surface area contributed by atoms with Crippen molar-refractivity contribution in [1.29, 1.82) is 0 Å². The minimum absolute atomic E-state index is 0.0164. The van der Waals surface area contributed by atoms with Crippen LogP contribution in [0.25, 0.3) is 16.7 Å². The van der Waals surface area contributed by atoms with E-state index in [1.807, 2.05) is 31.2 Å². The van der Waals surface area contributed by atoms with Gasteiger partial charge in [-0.1, -0.05) is 38.5 Å². The van der Waals surface area contributed by atoms with Gasteiger partial charge in [-0.25, -0.2) is 9.67 Å². The minimum Gasteiger partial charge on any atom is -0.353 e. The zero-order chi connectivity index (χ0) is 22.2. The van der Waals surface area contributed by atoms with Gasteiger partial charge in [0.15, 0.2) is 5.65 Å². The van der Waals surface area contributed by atoms with Crippen LogP contribution in [0, 0.1) is 18.3 Å². The van der Waals surface area contributed by atoms with Gasteiger partial charge in [-0.3, -0.25) is 14.2 Å². The predicted molar refractivity (Wildman–Crippen MR) is 121 cm³/mol. The molecule has 2 aromatic heterocycles. The van der Waals surface area contributed by atoms with Crippen molar-refractivity contribution in [3.63, 3.8) is 0 Å². The van der Waals surface area contributed by atoms with E-state index < -0.39 is 0 Å². The summed E-state index contributed by atoms with van der Waals surface area (Å²) in [6, 6.07) is 8.10. The summed E-state index contributed by atoms with van der Waals surface area (Å²) >= 11 is 0. The van der Waals surface area contributed by atoms with E-state index in [0.29, 0.717) is 23.5 Å². The maximum absolute atomic E-state index is 12.9. The van der Waals surface area contributed by atoms with Gasteiger partial charge in [0.25, 0.3) is 5.56 Å². The Bertz CT molecular complexity index is 1140. The van der Waals surface area contributed by atoms with Gasteiger partial charge < -0.3 is 5.32 Å². The molecular formula is C24H31N5O2. The molecule has 7 heteroatoms. The topological polar surface area (TPSA) is 81.8 Å². The molecule has 0 saturated heterocycles. The Labute approximate surface area is 182 Å². The zero-order valence-corrected chi connectivity index (χ0v) is 18.8. The largest absolute Gasteiger partial charge is 0.353 e. The molecule has 0 radical (unpaired) electrons. The summed E-state index contributed by atoms with van der Waals surface area (Å²) in [5, 5.41) is 7.97. The quantitative estimate of drug-likeness (QED) is 0.682. The Hall–Kier alpha value is -2.96. The molecule has 31 heavy (non-hydrogen) atoms. The second-order valence-electron chi connectivity index (χ2n) is 9.80. The molecule has 2 atom stereocenters. The van der Waals surface area contributed by atoms with E-state index in [1.54, 1.807) is 10.9 Å². The van der Waals surface area contributed by atoms with Gasteiger partial charge in [0, 0.05) is 19.0 Å². The number of rotatable bonds is 5. The molecule has 0 spiro atoms. The second-order valence-corrected chi connectivity index (χ2v) is 9.80. The molecule has 4 rings (SSSR count). The van der Waals surface area contributed by atoms with Crippen molar-refractivity contribution in [2.24, 2.45) is 11.3 Å². The van der Waals surface area contributed by atoms with E-state index >= 15 is 0 Å². The summed E-state index contributed by atoms with van der Waals surface area (Å²) in [5.74, 6) is 0.589. The SMILES string of the molecule is Cc1ccc(-n2ncc3c(=O)n(CCC(=O)NC4CC(C)CC(C)(C)C4)cnc32)cc1. The predicted octanol–water partition coefficient (Wildman–Crippen LogP) is 3.61. The first-order valence-corrected chi connectivity index (χ1v) is 11.0. The Balaban J connectivity index is 1.44. The van der Waals surface area contributed by atoms with Gasteiger partial charge in [-0.15, -0.1) is 0 Å². The highest BCUT2D eigenvalue weighted by molar-refractivity contribution is 5.76. The maximum atomic E-state index is 12.9. The molecule has 1 aliphatic rings. The fourth-order valence-electron chi connectivity index (χ4n) is 4.96. The van der Waals surface area contributed by atoms with Crippen LogP contribution < -0.4 is 10.9 Å². The van der Waals surface area contributed by atoms with Crippen LogP contribution in [0.1, 0.15) is 52.0 Å². The van der Waals surface area contributed by atoms with Crippen molar-refractivity contribution in [3.05, 3.63) is 52.7 Å². The fourth-order valence-corrected chi connectivity index (χ4v) is 4.96. The Morgan fingerprint density at radius 2 is 1.97 bits per heavy atom. The molecule has 1 aromatic carbocycles. The average molecular weight is 422 g/mol. The number of hydrogen-bond acceptors (Lipinski definition) is 4. The number of aromatic nitrogens is 4. The van der Waals surface area contributed by atoms with E-state index in [4.69, 9.17) is 0 Å². The first kappa shape index (κ1) is 21.3. The molecule has 1 aliphatic carbocycles. The number of fused-ring (bicyclic) bond motifs is 1. The van der Waals surface area contributed by atoms with Crippen LogP contribution in [-0.4, -0.2) is 31.3 Å². The highest BCUT2D eigenvalue weighted by Crippen LogP contribution is 2.38. The minimum atomic E-state index is -0.177. The lowest BCUT2D eigenvalue weighted by molar-refractivity contribution is -0.122. The van der Waals surface area contributed by atoms with Crippen LogP contribution in [0.2, 0.25) is 0 Å². The highest BCUT2D eigenvalue weighted by Gasteiger charge is 2.32. The molecule has 1 fully saturated rings. The number of aryl methyl sites for hydroxylation is 2. The van der Waals surface area contributed by atoms with Crippen molar-refractivity contribution in [2.45, 2.75) is 66.0 Å². The van der Waals surface area contributed by atoms with Gasteiger partial charge in [-0.2, -0.15) is 5.10 Å². The molecule has 0 bridgehead atoms. The summed E-state index contributed by atoms with van der Waals surface area (Å²) < 4.78 is 3.16. The first-order valence-electron chi connectivity index (χ1n) is 11.0. The molecule has 7 nitrogen and oxygen atoms in total. The number of hydrogen-bond donors (Lipinski definition) is 1. The molecule has 1 N–H and O–H groups in total. The first-order chi connectivity index (χ1) is 14.7. The lowest BCUT2D eigenvalue weighted by Crippen LogP contribution is -2.43. The summed E-state index contributed by atoms with van der Waals surface area (Å²) in [6.07, 6.45) is 6.51. The zero-order valence-electron chi connectivity index (χ0n) is 18.8. The van der Waals surface area contributed by atoms with E-state index in [9.17, 15) is 9.59 Å². The molecule has 2 unspecified atom stereocenters. The number of nitrogens with one attached hydrogen (secondary N) is 1. The van der Waals surface area contributed by atoms with Crippen molar-refractivity contribution < 1.29 is 4.79 Å². The van der Waals surface area contributed by atoms with Crippen molar-refractivity contribution in [2.75, 3.05) is 0 Å². The summed E-state index contributed by atoms with van der Waals surface area (Å²) in [6.45, 7) is 9.10. The molecular weight excluding hydrogens is 390 g/mol. The van der Waals surface area contributed by atoms with E-state index in [-0.39, 0.29) is 29.3 Å². The third-order valence-corrected chi connectivity index (χ3v) is 6.16. The number of amides is 1. The molecule has 3 aromatic rings. The second kappa shape index (κ2) is 8.29. The third kappa shape index (κ3) is 4.70. The number of carbonyl (C=O) groups is 1. The molecule has 164 valence electrons. The molecule has 1 saturated carbocycles. The van der Waals surface area contributed by atoms with Crippen LogP contribution in [0.5, 0.6) is 0 Å². The van der Waals surface area contributed by atoms with Crippen LogP contribution in [0.4, 0.5) is 0 Å². The van der Waals surface area contributed by atoms with Gasteiger partial charge in [-0.05, 0) is 49.7 Å². The maximum Gasteiger partial charge on any atom is 0.264 e. The fraction of sp³-hybridized carbons (Fsp3) is 0.500. The number of nitrogens with zero attached hydrogens (tertiary/aromatic N) is 4. The number of benzene rings is 1. The highest BCUT2D eigenvalue weighted by atomic mass is 16.2. The summed E-state index contributed by atoms with van der Waals surface area (Å²) in [5.41, 5.74) is 2.60. The summed E-state index contributed by atoms with van der Waals surface area (Å²) in [7, 11) is 0. The van der Waals surface area contributed by atoms with Gasteiger partial charge >= 0.3 is 0 Å². The Morgan fingerprint density at radius 1 is 1.23 bits per heavy atom. The van der Waals surface area contributed by atoms with Gasteiger partial charge in [0.1, 0.15) is 5.39 Å². The smallest absolute Gasteiger partial charge is 0.264 e. The Kier molecular flexibility index (Phi) is 5.69. The van der Waals surface area contributed by atoms with Gasteiger partial charge in [0.05, 0.1) is 18.2 Å². The van der Waals surface area contributed by atoms with E-state index in [2.05, 4.69) is 36.2 Å². The number of carbonyl (C=O) groups excluding carboxylic acids is 1. The van der Waals surface area contributed by atoms with Crippen LogP contribution in [-0.2, 0) is 11.3 Å². The average Bonchev–Trinajstić information content (AvgIpc) is 3.11. The van der Waals surface area contributed by atoms with E-state index in [0.717, 1.165) is 24.1 Å². The van der Waals surface area contributed by atoms with Crippen LogP contribution >= 0.6 is 0 Å². The Morgan fingerprint density at radius 3 is 2.68 bits per heavy atom. The van der Waals surface area contributed by atoms with Crippen molar-refractivity contribution in [3.8, 4) is 5.69 Å². The monoisotopic (exact) mass is 421 g/mol. The van der Waals surface area contributed by atoms with Crippen molar-refractivity contribution in [1.82, 2.24) is 24.6 Å². The lowest BCUT2D eigenvalue weighted by Gasteiger charge is -2.39. The summed E-state index contributed by atoms with van der Waals surface area (Å²) in [4.78, 5) is 29.9. The molecule has 1 amide bonds.